The van der Waals surface area contributed by atoms with E-state index in [2.05, 4.69) is 60.4 Å². The van der Waals surface area contributed by atoms with Gasteiger partial charge in [-0.3, -0.25) is 4.90 Å². The van der Waals surface area contributed by atoms with Crippen LogP contribution in [0.1, 0.15) is 55.0 Å². The molecule has 2 atom stereocenters. The van der Waals surface area contributed by atoms with Gasteiger partial charge in [-0.25, -0.2) is 0 Å². The fourth-order valence-corrected chi connectivity index (χ4v) is 3.48. The lowest BCUT2D eigenvalue weighted by molar-refractivity contribution is 0.103. The van der Waals surface area contributed by atoms with Crippen molar-refractivity contribution in [1.82, 2.24) is 4.90 Å². The molecule has 1 heterocycles. The summed E-state index contributed by atoms with van der Waals surface area (Å²) in [5, 5.41) is 8.97. The van der Waals surface area contributed by atoms with Gasteiger partial charge in [0.2, 0.25) is 0 Å². The van der Waals surface area contributed by atoms with Gasteiger partial charge >= 0.3 is 0 Å². The number of hydrogen-bond donors (Lipinski definition) is 0. The van der Waals surface area contributed by atoms with Crippen molar-refractivity contribution in [3.05, 3.63) is 71.3 Å². The summed E-state index contributed by atoms with van der Waals surface area (Å²) in [4.78, 5) is 2.61. The average Bonchev–Trinajstić information content (AvgIpc) is 2.62. The fraction of sp³-hybridized carbons (Fsp3) is 0.350. The van der Waals surface area contributed by atoms with Crippen LogP contribution in [0.15, 0.2) is 54.6 Å². The fourth-order valence-electron chi connectivity index (χ4n) is 3.48. The van der Waals surface area contributed by atoms with Crippen LogP contribution in [0.4, 0.5) is 0 Å². The van der Waals surface area contributed by atoms with Crippen molar-refractivity contribution in [2.75, 3.05) is 6.54 Å². The Hall–Kier alpha value is -2.11. The molecular formula is C20H22N2. The molecule has 0 bridgehead atoms. The Morgan fingerprint density at radius 1 is 1.05 bits per heavy atom. The molecule has 1 fully saturated rings. The molecular weight excluding hydrogens is 268 g/mol. The van der Waals surface area contributed by atoms with Crippen LogP contribution < -0.4 is 0 Å². The number of likely N-dealkylation sites (tertiary alicyclic amines) is 1. The van der Waals surface area contributed by atoms with Gasteiger partial charge in [-0.05, 0) is 49.6 Å². The van der Waals surface area contributed by atoms with Crippen LogP contribution in [0.25, 0.3) is 0 Å². The number of nitrogens with zero attached hydrogens (tertiary/aromatic N) is 2. The summed E-state index contributed by atoms with van der Waals surface area (Å²) in [5.74, 6) is 0. The molecule has 0 radical (unpaired) electrons. The Morgan fingerprint density at radius 3 is 2.45 bits per heavy atom. The van der Waals surface area contributed by atoms with Crippen molar-refractivity contribution in [3.8, 4) is 6.07 Å². The zero-order valence-corrected chi connectivity index (χ0v) is 13.1. The van der Waals surface area contributed by atoms with E-state index in [1.54, 1.807) is 0 Å². The van der Waals surface area contributed by atoms with Crippen LogP contribution in [0, 0.1) is 11.3 Å². The maximum Gasteiger partial charge on any atom is 0.0991 e. The molecule has 0 spiro atoms. The molecule has 2 aromatic rings. The number of hydrogen-bond acceptors (Lipinski definition) is 2. The minimum Gasteiger partial charge on any atom is -0.290 e. The Labute approximate surface area is 133 Å². The van der Waals surface area contributed by atoms with Gasteiger partial charge in [-0.1, -0.05) is 48.9 Å². The van der Waals surface area contributed by atoms with Gasteiger partial charge in [0, 0.05) is 12.1 Å². The first-order chi connectivity index (χ1) is 10.8. The van der Waals surface area contributed by atoms with Crippen LogP contribution in [0.3, 0.4) is 0 Å². The van der Waals surface area contributed by atoms with E-state index in [1.807, 2.05) is 12.1 Å². The van der Waals surface area contributed by atoms with Crippen molar-refractivity contribution >= 4 is 0 Å². The maximum atomic E-state index is 8.97. The van der Waals surface area contributed by atoms with Gasteiger partial charge in [0.1, 0.15) is 0 Å². The number of nitriles is 1. The van der Waals surface area contributed by atoms with E-state index in [0.29, 0.717) is 12.1 Å². The third-order valence-electron chi connectivity index (χ3n) is 4.75. The maximum absolute atomic E-state index is 8.97. The van der Waals surface area contributed by atoms with Crippen molar-refractivity contribution in [3.63, 3.8) is 0 Å². The van der Waals surface area contributed by atoms with Gasteiger partial charge in [-0.15, -0.1) is 0 Å². The highest BCUT2D eigenvalue weighted by atomic mass is 15.2. The second-order valence-electron chi connectivity index (χ2n) is 6.07. The van der Waals surface area contributed by atoms with Crippen LogP contribution in [0.5, 0.6) is 0 Å². The quantitative estimate of drug-likeness (QED) is 0.808. The summed E-state index contributed by atoms with van der Waals surface area (Å²) in [7, 11) is 0. The van der Waals surface area contributed by atoms with E-state index in [1.165, 1.54) is 30.4 Å². The van der Waals surface area contributed by atoms with E-state index in [0.717, 1.165) is 12.1 Å². The summed E-state index contributed by atoms with van der Waals surface area (Å²) >= 11 is 0. The van der Waals surface area contributed by atoms with E-state index in [9.17, 15) is 0 Å². The van der Waals surface area contributed by atoms with Crippen molar-refractivity contribution < 1.29 is 0 Å². The molecule has 0 unspecified atom stereocenters. The molecule has 0 saturated carbocycles. The van der Waals surface area contributed by atoms with Gasteiger partial charge in [-0.2, -0.15) is 5.26 Å². The predicted octanol–water partition coefficient (Wildman–Crippen LogP) is 4.85. The smallest absolute Gasteiger partial charge is 0.0991 e. The summed E-state index contributed by atoms with van der Waals surface area (Å²) in [6, 6.07) is 21.9. The van der Waals surface area contributed by atoms with E-state index in [-0.39, 0.29) is 0 Å². The van der Waals surface area contributed by atoms with Crippen LogP contribution in [-0.4, -0.2) is 11.4 Å². The van der Waals surface area contributed by atoms with E-state index < -0.39 is 0 Å². The molecule has 0 amide bonds. The third-order valence-corrected chi connectivity index (χ3v) is 4.75. The Morgan fingerprint density at radius 2 is 1.77 bits per heavy atom. The van der Waals surface area contributed by atoms with Gasteiger partial charge < -0.3 is 0 Å². The molecule has 1 aliphatic rings. The average molecular weight is 290 g/mol. The summed E-state index contributed by atoms with van der Waals surface area (Å²) in [6.45, 7) is 3.44. The zero-order valence-electron chi connectivity index (χ0n) is 13.1. The molecule has 0 aromatic heterocycles. The summed E-state index contributed by atoms with van der Waals surface area (Å²) in [6.07, 6.45) is 3.75. The summed E-state index contributed by atoms with van der Waals surface area (Å²) < 4.78 is 0. The second-order valence-corrected chi connectivity index (χ2v) is 6.07. The zero-order chi connectivity index (χ0) is 15.4. The largest absolute Gasteiger partial charge is 0.290 e. The first kappa shape index (κ1) is 14.8. The highest BCUT2D eigenvalue weighted by Gasteiger charge is 2.28. The monoisotopic (exact) mass is 290 g/mol. The SMILES string of the molecule is C[C@@H](c1ccccc1)N1CCCC[C@@H]1c1ccc(C#N)cc1. The molecule has 2 nitrogen and oxygen atoms in total. The molecule has 1 saturated heterocycles. The molecule has 1 aliphatic heterocycles. The van der Waals surface area contributed by atoms with Crippen molar-refractivity contribution in [1.29, 1.82) is 5.26 Å². The standard InChI is InChI=1S/C20H22N2/c1-16(18-7-3-2-4-8-18)22-14-6-5-9-20(22)19-12-10-17(15-21)11-13-19/h2-4,7-8,10-13,16,20H,5-6,9,14H2,1H3/t16-,20+/m0/s1. The molecule has 22 heavy (non-hydrogen) atoms. The van der Waals surface area contributed by atoms with Crippen molar-refractivity contribution in [2.24, 2.45) is 0 Å². The highest BCUT2D eigenvalue weighted by Crippen LogP contribution is 2.37. The minimum absolute atomic E-state index is 0.419. The van der Waals surface area contributed by atoms with E-state index >= 15 is 0 Å². The second kappa shape index (κ2) is 6.77. The molecule has 0 aliphatic carbocycles. The molecule has 3 rings (SSSR count). The summed E-state index contributed by atoms with van der Waals surface area (Å²) in [5.41, 5.74) is 3.45. The lowest BCUT2D eigenvalue weighted by Gasteiger charge is -2.40. The number of piperidine rings is 1. The normalized spacial score (nSPS) is 20.3. The minimum atomic E-state index is 0.419. The van der Waals surface area contributed by atoms with E-state index in [4.69, 9.17) is 5.26 Å². The Kier molecular flexibility index (Phi) is 4.56. The van der Waals surface area contributed by atoms with Gasteiger partial charge in [0.25, 0.3) is 0 Å². The van der Waals surface area contributed by atoms with Crippen LogP contribution in [-0.2, 0) is 0 Å². The lowest BCUT2D eigenvalue weighted by atomic mass is 9.92. The molecule has 2 heteroatoms. The molecule has 112 valence electrons. The Balaban J connectivity index is 1.86. The molecule has 2 aromatic carbocycles. The first-order valence-electron chi connectivity index (χ1n) is 8.10. The Bertz CT molecular complexity index is 640. The molecule has 0 N–H and O–H groups in total. The van der Waals surface area contributed by atoms with Crippen molar-refractivity contribution in [2.45, 2.75) is 38.3 Å². The van der Waals surface area contributed by atoms with Gasteiger partial charge in [0.15, 0.2) is 0 Å². The topological polar surface area (TPSA) is 27.0 Å². The highest BCUT2D eigenvalue weighted by molar-refractivity contribution is 5.33. The third kappa shape index (κ3) is 3.05. The predicted molar refractivity (Wildman–Crippen MR) is 89.3 cm³/mol. The van der Waals surface area contributed by atoms with Crippen LogP contribution in [0.2, 0.25) is 0 Å². The number of benzene rings is 2. The van der Waals surface area contributed by atoms with Gasteiger partial charge in [0.05, 0.1) is 11.6 Å². The first-order valence-corrected chi connectivity index (χ1v) is 8.10. The lowest BCUT2D eigenvalue weighted by Crippen LogP contribution is -2.35. The number of rotatable bonds is 3. The van der Waals surface area contributed by atoms with Crippen LogP contribution >= 0.6 is 0 Å².